The number of ether oxygens (including phenoxy) is 2. The second kappa shape index (κ2) is 5.79. The lowest BCUT2D eigenvalue weighted by molar-refractivity contribution is 0.404. The SMILES string of the molecule is COc1cc(NCc2cnnn2C)c(OC)cc1Cl. The van der Waals surface area contributed by atoms with Crippen LogP contribution in [0.1, 0.15) is 5.69 Å². The topological polar surface area (TPSA) is 61.2 Å². The lowest BCUT2D eigenvalue weighted by Gasteiger charge is -2.13. The Labute approximate surface area is 116 Å². The van der Waals surface area contributed by atoms with Gasteiger partial charge in [-0.05, 0) is 0 Å². The Morgan fingerprint density at radius 3 is 2.58 bits per heavy atom. The maximum Gasteiger partial charge on any atom is 0.143 e. The molecule has 1 heterocycles. The van der Waals surface area contributed by atoms with Gasteiger partial charge in [-0.25, -0.2) is 0 Å². The number of halogens is 1. The predicted octanol–water partition coefficient (Wildman–Crippen LogP) is 2.10. The minimum absolute atomic E-state index is 0.507. The lowest BCUT2D eigenvalue weighted by atomic mass is 10.2. The quantitative estimate of drug-likeness (QED) is 0.910. The van der Waals surface area contributed by atoms with Gasteiger partial charge < -0.3 is 14.8 Å². The van der Waals surface area contributed by atoms with Crippen LogP contribution in [0.2, 0.25) is 5.02 Å². The molecule has 1 N–H and O–H groups in total. The van der Waals surface area contributed by atoms with Gasteiger partial charge in [-0.15, -0.1) is 5.10 Å². The molecule has 6 nitrogen and oxygen atoms in total. The van der Waals surface area contributed by atoms with E-state index in [0.29, 0.717) is 23.1 Å². The number of aromatic nitrogens is 3. The third-order valence-electron chi connectivity index (χ3n) is 2.74. The number of aryl methyl sites for hydroxylation is 1. The standard InChI is InChI=1S/C12H15ClN4O2/c1-17-8(7-15-16-17)6-14-10-5-11(18-2)9(13)4-12(10)19-3/h4-5,7,14H,6H2,1-3H3. The van der Waals surface area contributed by atoms with Crippen LogP contribution in [0.15, 0.2) is 18.3 Å². The second-order valence-electron chi connectivity index (χ2n) is 3.89. The van der Waals surface area contributed by atoms with Gasteiger partial charge in [-0.2, -0.15) is 0 Å². The number of benzene rings is 1. The van der Waals surface area contributed by atoms with Crippen molar-refractivity contribution < 1.29 is 9.47 Å². The Morgan fingerprint density at radius 2 is 2.00 bits per heavy atom. The second-order valence-corrected chi connectivity index (χ2v) is 4.30. The molecule has 2 rings (SSSR count). The number of rotatable bonds is 5. The predicted molar refractivity (Wildman–Crippen MR) is 72.9 cm³/mol. The number of hydrogen-bond donors (Lipinski definition) is 1. The van der Waals surface area contributed by atoms with E-state index >= 15 is 0 Å². The molecule has 0 aliphatic heterocycles. The molecule has 0 saturated carbocycles. The van der Waals surface area contributed by atoms with Gasteiger partial charge in [-0.1, -0.05) is 16.8 Å². The summed E-state index contributed by atoms with van der Waals surface area (Å²) in [6.45, 7) is 0.574. The van der Waals surface area contributed by atoms with E-state index in [0.717, 1.165) is 11.4 Å². The van der Waals surface area contributed by atoms with Crippen molar-refractivity contribution in [3.05, 3.63) is 29.0 Å². The Hall–Kier alpha value is -1.95. The molecule has 1 aromatic heterocycles. The molecule has 0 fully saturated rings. The van der Waals surface area contributed by atoms with Crippen molar-refractivity contribution in [2.45, 2.75) is 6.54 Å². The fourth-order valence-electron chi connectivity index (χ4n) is 1.66. The minimum atomic E-state index is 0.507. The zero-order valence-electron chi connectivity index (χ0n) is 11.0. The van der Waals surface area contributed by atoms with Crippen LogP contribution in [0.25, 0.3) is 0 Å². The molecule has 0 saturated heterocycles. The average molecular weight is 283 g/mol. The van der Waals surface area contributed by atoms with Crippen molar-refractivity contribution in [1.29, 1.82) is 0 Å². The molecule has 0 radical (unpaired) electrons. The Balaban J connectivity index is 2.21. The number of nitrogens with zero attached hydrogens (tertiary/aromatic N) is 3. The number of hydrogen-bond acceptors (Lipinski definition) is 5. The maximum absolute atomic E-state index is 6.05. The van der Waals surface area contributed by atoms with Gasteiger partial charge >= 0.3 is 0 Å². The largest absolute Gasteiger partial charge is 0.495 e. The van der Waals surface area contributed by atoms with E-state index in [1.54, 1.807) is 37.2 Å². The third kappa shape index (κ3) is 2.90. The zero-order chi connectivity index (χ0) is 13.8. The van der Waals surface area contributed by atoms with Gasteiger partial charge in [0.25, 0.3) is 0 Å². The molecule has 0 spiro atoms. The van der Waals surface area contributed by atoms with Gasteiger partial charge in [0.2, 0.25) is 0 Å². The van der Waals surface area contributed by atoms with E-state index in [1.165, 1.54) is 0 Å². The minimum Gasteiger partial charge on any atom is -0.495 e. The number of nitrogens with one attached hydrogen (secondary N) is 1. The van der Waals surface area contributed by atoms with E-state index in [1.807, 2.05) is 7.05 Å². The van der Waals surface area contributed by atoms with Crippen LogP contribution in [-0.2, 0) is 13.6 Å². The van der Waals surface area contributed by atoms with Gasteiger partial charge in [0, 0.05) is 19.2 Å². The molecular weight excluding hydrogens is 268 g/mol. The highest BCUT2D eigenvalue weighted by molar-refractivity contribution is 6.32. The van der Waals surface area contributed by atoms with Crippen LogP contribution >= 0.6 is 11.6 Å². The summed E-state index contributed by atoms with van der Waals surface area (Å²) in [5, 5.41) is 11.4. The van der Waals surface area contributed by atoms with E-state index in [4.69, 9.17) is 21.1 Å². The van der Waals surface area contributed by atoms with Gasteiger partial charge in [0.15, 0.2) is 0 Å². The lowest BCUT2D eigenvalue weighted by Crippen LogP contribution is -2.06. The molecule has 0 aliphatic rings. The molecule has 0 unspecified atom stereocenters. The summed E-state index contributed by atoms with van der Waals surface area (Å²) >= 11 is 6.05. The van der Waals surface area contributed by atoms with Crippen LogP contribution in [0.4, 0.5) is 5.69 Å². The monoisotopic (exact) mass is 282 g/mol. The summed E-state index contributed by atoms with van der Waals surface area (Å²) in [6.07, 6.45) is 1.70. The van der Waals surface area contributed by atoms with Gasteiger partial charge in [0.05, 0.1) is 43.4 Å². The molecule has 102 valence electrons. The van der Waals surface area contributed by atoms with Crippen molar-refractivity contribution in [2.75, 3.05) is 19.5 Å². The van der Waals surface area contributed by atoms with Crippen molar-refractivity contribution in [1.82, 2.24) is 15.0 Å². The van der Waals surface area contributed by atoms with Crippen LogP contribution in [-0.4, -0.2) is 29.2 Å². The highest BCUT2D eigenvalue weighted by Gasteiger charge is 2.10. The molecule has 1 aromatic carbocycles. The fourth-order valence-corrected chi connectivity index (χ4v) is 1.89. The van der Waals surface area contributed by atoms with E-state index < -0.39 is 0 Å². The van der Waals surface area contributed by atoms with E-state index in [9.17, 15) is 0 Å². The van der Waals surface area contributed by atoms with E-state index in [2.05, 4.69) is 15.6 Å². The maximum atomic E-state index is 6.05. The average Bonchev–Trinajstić information content (AvgIpc) is 2.82. The highest BCUT2D eigenvalue weighted by Crippen LogP contribution is 2.35. The van der Waals surface area contributed by atoms with Crippen molar-refractivity contribution in [3.8, 4) is 11.5 Å². The summed E-state index contributed by atoms with van der Waals surface area (Å²) in [7, 11) is 5.00. The molecule has 0 aliphatic carbocycles. The Morgan fingerprint density at radius 1 is 1.26 bits per heavy atom. The fraction of sp³-hybridized carbons (Fsp3) is 0.333. The summed E-state index contributed by atoms with van der Waals surface area (Å²) < 4.78 is 12.2. The van der Waals surface area contributed by atoms with Crippen molar-refractivity contribution in [2.24, 2.45) is 7.05 Å². The van der Waals surface area contributed by atoms with Crippen LogP contribution in [0, 0.1) is 0 Å². The summed E-state index contributed by atoms with van der Waals surface area (Å²) in [4.78, 5) is 0. The van der Waals surface area contributed by atoms with Gasteiger partial charge in [-0.3, -0.25) is 4.68 Å². The summed E-state index contributed by atoms with van der Waals surface area (Å²) in [5.41, 5.74) is 1.75. The van der Waals surface area contributed by atoms with Crippen LogP contribution < -0.4 is 14.8 Å². The number of anilines is 1. The third-order valence-corrected chi connectivity index (χ3v) is 3.04. The first-order valence-electron chi connectivity index (χ1n) is 5.64. The first-order chi connectivity index (χ1) is 9.15. The van der Waals surface area contributed by atoms with Crippen molar-refractivity contribution >= 4 is 17.3 Å². The molecular formula is C12H15ClN4O2. The highest BCUT2D eigenvalue weighted by atomic mass is 35.5. The molecule has 0 atom stereocenters. The molecule has 2 aromatic rings. The molecule has 0 bridgehead atoms. The summed E-state index contributed by atoms with van der Waals surface area (Å²) in [6, 6.07) is 3.51. The normalized spacial score (nSPS) is 10.3. The Kier molecular flexibility index (Phi) is 4.11. The number of methoxy groups -OCH3 is 2. The van der Waals surface area contributed by atoms with E-state index in [-0.39, 0.29) is 0 Å². The molecule has 19 heavy (non-hydrogen) atoms. The molecule has 7 heteroatoms. The van der Waals surface area contributed by atoms with Gasteiger partial charge in [0.1, 0.15) is 11.5 Å². The van der Waals surface area contributed by atoms with Crippen molar-refractivity contribution in [3.63, 3.8) is 0 Å². The Bertz CT molecular complexity index is 571. The zero-order valence-corrected chi connectivity index (χ0v) is 11.7. The van der Waals surface area contributed by atoms with Crippen LogP contribution in [0.3, 0.4) is 0 Å². The summed E-state index contributed by atoms with van der Waals surface area (Å²) in [5.74, 6) is 1.24. The molecule has 0 amide bonds. The first-order valence-corrected chi connectivity index (χ1v) is 6.02. The first kappa shape index (κ1) is 13.5. The van der Waals surface area contributed by atoms with Crippen LogP contribution in [0.5, 0.6) is 11.5 Å². The smallest absolute Gasteiger partial charge is 0.143 e.